The van der Waals surface area contributed by atoms with Crippen LogP contribution in [-0.2, 0) is 6.42 Å². The van der Waals surface area contributed by atoms with E-state index in [1.807, 2.05) is 6.92 Å². The number of H-pyrrole nitrogens is 1. The number of nitrogens with one attached hydrogen (secondary N) is 1. The van der Waals surface area contributed by atoms with Gasteiger partial charge in [-0.3, -0.25) is 0 Å². The molecule has 1 heterocycles. The van der Waals surface area contributed by atoms with Gasteiger partial charge in [-0.05, 0) is 13.3 Å². The molecule has 1 aromatic heterocycles. The minimum Gasteiger partial charge on any atom is -0.481 e. The lowest BCUT2D eigenvalue weighted by molar-refractivity contribution is 0.395. The third-order valence-electron chi connectivity index (χ3n) is 1.40. The number of aromatic amines is 1. The van der Waals surface area contributed by atoms with Crippen LogP contribution in [0.25, 0.3) is 0 Å². The molecular weight excluding hydrogens is 128 g/mol. The van der Waals surface area contributed by atoms with Crippen LogP contribution in [0.4, 0.5) is 0 Å². The van der Waals surface area contributed by atoms with Crippen LogP contribution in [-0.4, -0.2) is 17.1 Å². The number of aryl methyl sites for hydroxylation is 2. The summed E-state index contributed by atoms with van der Waals surface area (Å²) >= 11 is 0. The fourth-order valence-corrected chi connectivity index (χ4v) is 0.926. The molecule has 3 heteroatoms. The lowest BCUT2D eigenvalue weighted by Gasteiger charge is -1.94. The summed E-state index contributed by atoms with van der Waals surface area (Å²) in [6.07, 6.45) is 0.910. The quantitative estimate of drug-likeness (QED) is 0.672. The summed E-state index contributed by atoms with van der Waals surface area (Å²) in [5, 5.41) is 0. The van der Waals surface area contributed by atoms with Crippen LogP contribution < -0.4 is 4.74 Å². The van der Waals surface area contributed by atoms with Crippen LogP contribution in [0.5, 0.6) is 5.88 Å². The topological polar surface area (TPSA) is 37.9 Å². The molecule has 0 radical (unpaired) electrons. The van der Waals surface area contributed by atoms with Crippen molar-refractivity contribution in [3.8, 4) is 5.88 Å². The summed E-state index contributed by atoms with van der Waals surface area (Å²) < 4.78 is 5.04. The standard InChI is InChI=1S/C7H12N2O/c1-4-6-7(10-3)9-5(2)8-6/h4H2,1-3H3,(H,8,9). The van der Waals surface area contributed by atoms with Crippen LogP contribution in [0.1, 0.15) is 18.4 Å². The molecule has 0 aliphatic rings. The Labute approximate surface area is 60.4 Å². The highest BCUT2D eigenvalue weighted by Crippen LogP contribution is 2.13. The maximum atomic E-state index is 5.04. The summed E-state index contributed by atoms with van der Waals surface area (Å²) in [4.78, 5) is 7.23. The average Bonchev–Trinajstić information content (AvgIpc) is 2.30. The molecule has 1 rings (SSSR count). The van der Waals surface area contributed by atoms with Gasteiger partial charge in [-0.15, -0.1) is 0 Å². The monoisotopic (exact) mass is 140 g/mol. The smallest absolute Gasteiger partial charge is 0.214 e. The van der Waals surface area contributed by atoms with Gasteiger partial charge >= 0.3 is 0 Å². The van der Waals surface area contributed by atoms with E-state index in [1.54, 1.807) is 7.11 Å². The van der Waals surface area contributed by atoms with Crippen molar-refractivity contribution < 1.29 is 4.74 Å². The molecule has 0 unspecified atom stereocenters. The maximum absolute atomic E-state index is 5.04. The second kappa shape index (κ2) is 2.73. The van der Waals surface area contributed by atoms with Crippen molar-refractivity contribution in [2.75, 3.05) is 7.11 Å². The summed E-state index contributed by atoms with van der Waals surface area (Å²) in [5.41, 5.74) is 1.00. The molecule has 0 fully saturated rings. The van der Waals surface area contributed by atoms with Crippen LogP contribution in [0, 0.1) is 6.92 Å². The van der Waals surface area contributed by atoms with Gasteiger partial charge in [-0.25, -0.2) is 4.98 Å². The van der Waals surface area contributed by atoms with Crippen molar-refractivity contribution in [3.63, 3.8) is 0 Å². The van der Waals surface area contributed by atoms with Gasteiger partial charge in [0.1, 0.15) is 11.5 Å². The van der Waals surface area contributed by atoms with E-state index in [-0.39, 0.29) is 0 Å². The van der Waals surface area contributed by atoms with Crippen molar-refractivity contribution in [3.05, 3.63) is 11.5 Å². The molecule has 3 nitrogen and oxygen atoms in total. The van der Waals surface area contributed by atoms with Gasteiger partial charge in [0.25, 0.3) is 0 Å². The Morgan fingerprint density at radius 1 is 1.60 bits per heavy atom. The normalized spacial score (nSPS) is 9.90. The first kappa shape index (κ1) is 7.12. The van der Waals surface area contributed by atoms with Crippen LogP contribution in [0.2, 0.25) is 0 Å². The maximum Gasteiger partial charge on any atom is 0.214 e. The molecule has 0 amide bonds. The molecule has 1 aromatic rings. The Morgan fingerprint density at radius 2 is 2.30 bits per heavy atom. The number of hydrogen-bond donors (Lipinski definition) is 1. The third-order valence-corrected chi connectivity index (χ3v) is 1.40. The Balaban J connectivity index is 2.96. The van der Waals surface area contributed by atoms with E-state index in [2.05, 4.69) is 16.9 Å². The lowest BCUT2D eigenvalue weighted by Crippen LogP contribution is -1.87. The minimum absolute atomic E-state index is 0.792. The van der Waals surface area contributed by atoms with Gasteiger partial charge < -0.3 is 9.72 Å². The SMILES string of the molecule is CCc1nc(C)[nH]c1OC. The highest BCUT2D eigenvalue weighted by atomic mass is 16.5. The van der Waals surface area contributed by atoms with Gasteiger partial charge in [0.05, 0.1) is 7.11 Å². The molecule has 0 atom stereocenters. The number of aromatic nitrogens is 2. The lowest BCUT2D eigenvalue weighted by atomic mass is 10.4. The molecule has 0 aliphatic heterocycles. The summed E-state index contributed by atoms with van der Waals surface area (Å²) in [6.45, 7) is 3.97. The van der Waals surface area contributed by atoms with Crippen LogP contribution in [0.15, 0.2) is 0 Å². The third kappa shape index (κ3) is 1.12. The van der Waals surface area contributed by atoms with Crippen LogP contribution >= 0.6 is 0 Å². The molecule has 0 aliphatic carbocycles. The zero-order chi connectivity index (χ0) is 7.56. The number of ether oxygens (including phenoxy) is 1. The fourth-order valence-electron chi connectivity index (χ4n) is 0.926. The summed E-state index contributed by atoms with van der Waals surface area (Å²) in [6, 6.07) is 0. The fraction of sp³-hybridized carbons (Fsp3) is 0.571. The first-order valence-electron chi connectivity index (χ1n) is 3.37. The second-order valence-corrected chi connectivity index (χ2v) is 2.16. The first-order chi connectivity index (χ1) is 4.77. The number of imidazole rings is 1. The number of nitrogens with zero attached hydrogens (tertiary/aromatic N) is 1. The highest BCUT2D eigenvalue weighted by Gasteiger charge is 2.04. The Bertz CT molecular complexity index is 196. The van der Waals surface area contributed by atoms with Crippen molar-refractivity contribution >= 4 is 0 Å². The van der Waals surface area contributed by atoms with E-state index in [9.17, 15) is 0 Å². The van der Waals surface area contributed by atoms with E-state index in [1.165, 1.54) is 0 Å². The molecular formula is C7H12N2O. The highest BCUT2D eigenvalue weighted by molar-refractivity contribution is 5.20. The molecule has 0 aromatic carbocycles. The molecule has 0 saturated heterocycles. The zero-order valence-electron chi connectivity index (χ0n) is 6.56. The van der Waals surface area contributed by atoms with Gasteiger partial charge in [-0.1, -0.05) is 6.92 Å². The average molecular weight is 140 g/mol. The Kier molecular flexibility index (Phi) is 1.94. The predicted octanol–water partition coefficient (Wildman–Crippen LogP) is 1.29. The van der Waals surface area contributed by atoms with Gasteiger partial charge in [0, 0.05) is 0 Å². The number of methoxy groups -OCH3 is 1. The van der Waals surface area contributed by atoms with E-state index >= 15 is 0 Å². The molecule has 10 heavy (non-hydrogen) atoms. The van der Waals surface area contributed by atoms with E-state index in [0.29, 0.717) is 0 Å². The molecule has 0 saturated carbocycles. The minimum atomic E-state index is 0.792. The van der Waals surface area contributed by atoms with Gasteiger partial charge in [0.2, 0.25) is 5.88 Å². The molecule has 0 spiro atoms. The van der Waals surface area contributed by atoms with Crippen molar-refractivity contribution in [2.45, 2.75) is 20.3 Å². The van der Waals surface area contributed by atoms with Crippen molar-refractivity contribution in [1.29, 1.82) is 0 Å². The number of hydrogen-bond acceptors (Lipinski definition) is 2. The number of rotatable bonds is 2. The second-order valence-electron chi connectivity index (χ2n) is 2.16. The molecule has 0 bridgehead atoms. The van der Waals surface area contributed by atoms with Gasteiger partial charge in [-0.2, -0.15) is 0 Å². The predicted molar refractivity (Wildman–Crippen MR) is 39.3 cm³/mol. The Hall–Kier alpha value is -0.990. The van der Waals surface area contributed by atoms with Crippen LogP contribution in [0.3, 0.4) is 0 Å². The van der Waals surface area contributed by atoms with Crippen molar-refractivity contribution in [2.24, 2.45) is 0 Å². The summed E-state index contributed by atoms with van der Waals surface area (Å²) in [7, 11) is 1.64. The zero-order valence-corrected chi connectivity index (χ0v) is 6.56. The van der Waals surface area contributed by atoms with E-state index in [4.69, 9.17) is 4.74 Å². The van der Waals surface area contributed by atoms with Crippen molar-refractivity contribution in [1.82, 2.24) is 9.97 Å². The molecule has 56 valence electrons. The Morgan fingerprint density at radius 3 is 2.70 bits per heavy atom. The first-order valence-corrected chi connectivity index (χ1v) is 3.37. The molecule has 1 N–H and O–H groups in total. The van der Waals surface area contributed by atoms with E-state index < -0.39 is 0 Å². The van der Waals surface area contributed by atoms with E-state index in [0.717, 1.165) is 23.8 Å². The summed E-state index contributed by atoms with van der Waals surface area (Å²) in [5.74, 6) is 1.70. The largest absolute Gasteiger partial charge is 0.481 e. The van der Waals surface area contributed by atoms with Gasteiger partial charge in [0.15, 0.2) is 0 Å².